The van der Waals surface area contributed by atoms with Gasteiger partial charge in [-0.1, -0.05) is 66.7 Å². The van der Waals surface area contributed by atoms with E-state index >= 15 is 0 Å². The maximum absolute atomic E-state index is 11.6. The van der Waals surface area contributed by atoms with Gasteiger partial charge in [0.1, 0.15) is 0 Å². The Kier molecular flexibility index (Phi) is 7.64. The molecule has 0 fully saturated rings. The first-order chi connectivity index (χ1) is 12.2. The number of hydrogen-bond acceptors (Lipinski definition) is 3. The molecule has 0 N–H and O–H groups in total. The minimum Gasteiger partial charge on any atom is -0.466 e. The molecule has 2 rings (SSSR count). The molecule has 0 aromatic heterocycles. The van der Waals surface area contributed by atoms with Gasteiger partial charge in [0.2, 0.25) is 0 Å². The zero-order valence-electron chi connectivity index (χ0n) is 14.7. The van der Waals surface area contributed by atoms with Gasteiger partial charge in [-0.25, -0.2) is 0 Å². The number of esters is 1. The van der Waals surface area contributed by atoms with E-state index in [1.807, 2.05) is 49.4 Å². The van der Waals surface area contributed by atoms with E-state index in [4.69, 9.17) is 9.73 Å². The van der Waals surface area contributed by atoms with Crippen molar-refractivity contribution in [2.24, 2.45) is 10.9 Å². The summed E-state index contributed by atoms with van der Waals surface area (Å²) >= 11 is 0. The molecule has 0 heterocycles. The predicted octanol–water partition coefficient (Wildman–Crippen LogP) is 4.67. The molecule has 0 aliphatic carbocycles. The van der Waals surface area contributed by atoms with Gasteiger partial charge >= 0.3 is 5.97 Å². The summed E-state index contributed by atoms with van der Waals surface area (Å²) in [6.07, 6.45) is 2.96. The number of hydrogen-bond donors (Lipinski definition) is 0. The summed E-state index contributed by atoms with van der Waals surface area (Å²) in [6, 6.07) is 20.3. The van der Waals surface area contributed by atoms with Crippen molar-refractivity contribution in [1.82, 2.24) is 0 Å². The molecule has 25 heavy (non-hydrogen) atoms. The van der Waals surface area contributed by atoms with Crippen molar-refractivity contribution < 1.29 is 9.53 Å². The van der Waals surface area contributed by atoms with Crippen molar-refractivity contribution in [2.75, 3.05) is 13.2 Å². The van der Waals surface area contributed by atoms with Crippen molar-refractivity contribution in [2.45, 2.75) is 19.8 Å². The number of carbonyl (C=O) groups is 1. The number of ether oxygens (including phenoxy) is 1. The quantitative estimate of drug-likeness (QED) is 0.379. The number of carbonyl (C=O) groups excluding carboxylic acids is 1. The molecular weight excluding hydrogens is 310 g/mol. The van der Waals surface area contributed by atoms with Crippen LogP contribution in [0.15, 0.2) is 78.3 Å². The summed E-state index contributed by atoms with van der Waals surface area (Å²) in [5.41, 5.74) is 3.13. The molecule has 2 aromatic rings. The second-order valence-corrected chi connectivity index (χ2v) is 5.76. The van der Waals surface area contributed by atoms with E-state index in [9.17, 15) is 4.79 Å². The summed E-state index contributed by atoms with van der Waals surface area (Å²) in [6.45, 7) is 6.72. The highest BCUT2D eigenvalue weighted by atomic mass is 16.5. The van der Waals surface area contributed by atoms with Crippen LogP contribution in [0.5, 0.6) is 0 Å². The van der Waals surface area contributed by atoms with Gasteiger partial charge in [-0.3, -0.25) is 9.79 Å². The topological polar surface area (TPSA) is 38.7 Å². The summed E-state index contributed by atoms with van der Waals surface area (Å²) in [5.74, 6) is -0.0171. The molecule has 0 spiro atoms. The molecule has 0 saturated heterocycles. The van der Waals surface area contributed by atoms with Crippen molar-refractivity contribution in [3.8, 4) is 0 Å². The molecule has 130 valence electrons. The lowest BCUT2D eigenvalue weighted by Gasteiger charge is -2.12. The van der Waals surface area contributed by atoms with Crippen LogP contribution in [-0.4, -0.2) is 24.8 Å². The van der Waals surface area contributed by atoms with Gasteiger partial charge in [-0.05, 0) is 19.3 Å². The van der Waals surface area contributed by atoms with Gasteiger partial charge in [0, 0.05) is 24.1 Å². The monoisotopic (exact) mass is 335 g/mol. The second-order valence-electron chi connectivity index (χ2n) is 5.76. The highest BCUT2D eigenvalue weighted by Crippen LogP contribution is 2.14. The Morgan fingerprint density at radius 3 is 2.12 bits per heavy atom. The van der Waals surface area contributed by atoms with E-state index in [1.165, 1.54) is 0 Å². The molecule has 2 aromatic carbocycles. The second kappa shape index (κ2) is 10.2. The van der Waals surface area contributed by atoms with Gasteiger partial charge in [-0.2, -0.15) is 0 Å². The van der Waals surface area contributed by atoms with Crippen LogP contribution >= 0.6 is 0 Å². The van der Waals surface area contributed by atoms with Crippen LogP contribution < -0.4 is 0 Å². The maximum atomic E-state index is 11.6. The number of nitrogens with zero attached hydrogens (tertiary/aromatic N) is 1. The minimum absolute atomic E-state index is 0.145. The fourth-order valence-electron chi connectivity index (χ4n) is 2.57. The van der Waals surface area contributed by atoms with Gasteiger partial charge in [0.15, 0.2) is 0 Å². The lowest BCUT2D eigenvalue weighted by atomic mass is 10.0. The van der Waals surface area contributed by atoms with Crippen LogP contribution in [-0.2, 0) is 9.53 Å². The molecule has 1 atom stereocenters. The molecular formula is C22H25NO2. The zero-order chi connectivity index (χ0) is 17.9. The highest BCUT2D eigenvalue weighted by Gasteiger charge is 2.11. The average Bonchev–Trinajstić information content (AvgIpc) is 2.66. The smallest absolute Gasteiger partial charge is 0.305 e. The van der Waals surface area contributed by atoms with E-state index in [2.05, 4.69) is 30.8 Å². The molecule has 3 heteroatoms. The van der Waals surface area contributed by atoms with Crippen LogP contribution in [0.25, 0.3) is 0 Å². The van der Waals surface area contributed by atoms with Gasteiger partial charge < -0.3 is 4.74 Å². The Morgan fingerprint density at radius 1 is 1.08 bits per heavy atom. The lowest BCUT2D eigenvalue weighted by molar-refractivity contribution is -0.143. The molecule has 0 amide bonds. The molecule has 0 saturated carbocycles. The molecule has 1 unspecified atom stereocenters. The molecule has 0 aliphatic heterocycles. The first-order valence-corrected chi connectivity index (χ1v) is 8.68. The first kappa shape index (κ1) is 18.7. The fourth-order valence-corrected chi connectivity index (χ4v) is 2.57. The third-order valence-electron chi connectivity index (χ3n) is 3.94. The number of aliphatic imine (C=N–C) groups is 1. The summed E-state index contributed by atoms with van der Waals surface area (Å²) in [4.78, 5) is 16.4. The van der Waals surface area contributed by atoms with E-state index < -0.39 is 0 Å². The molecule has 3 nitrogen and oxygen atoms in total. The standard InChI is InChI=1S/C22H25NO2/c1-3-18(15-16-21(24)25-4-2)17-23-22(19-11-7-5-8-12-19)20-13-9-6-10-14-20/h3,5-14,18H,1,4,15-17H2,2H3. The predicted molar refractivity (Wildman–Crippen MR) is 103 cm³/mol. The van der Waals surface area contributed by atoms with Crippen LogP contribution in [0.2, 0.25) is 0 Å². The van der Waals surface area contributed by atoms with Crippen molar-refractivity contribution >= 4 is 11.7 Å². The Morgan fingerprint density at radius 2 is 1.64 bits per heavy atom. The zero-order valence-corrected chi connectivity index (χ0v) is 14.7. The van der Waals surface area contributed by atoms with Crippen LogP contribution in [0, 0.1) is 5.92 Å². The molecule has 0 aliphatic rings. The van der Waals surface area contributed by atoms with Gasteiger partial charge in [0.05, 0.1) is 12.3 Å². The highest BCUT2D eigenvalue weighted by molar-refractivity contribution is 6.12. The number of benzene rings is 2. The first-order valence-electron chi connectivity index (χ1n) is 8.68. The third kappa shape index (κ3) is 6.03. The third-order valence-corrected chi connectivity index (χ3v) is 3.94. The van der Waals surface area contributed by atoms with E-state index in [0.29, 0.717) is 26.0 Å². The lowest BCUT2D eigenvalue weighted by Crippen LogP contribution is -2.11. The molecule has 0 bridgehead atoms. The summed E-state index contributed by atoms with van der Waals surface area (Å²) in [5, 5.41) is 0. The minimum atomic E-state index is -0.162. The van der Waals surface area contributed by atoms with Crippen molar-refractivity contribution in [1.29, 1.82) is 0 Å². The average molecular weight is 335 g/mol. The van der Waals surface area contributed by atoms with Crippen LogP contribution in [0.1, 0.15) is 30.9 Å². The van der Waals surface area contributed by atoms with Crippen LogP contribution in [0.3, 0.4) is 0 Å². The SMILES string of the molecule is C=CC(CCC(=O)OCC)CN=C(c1ccccc1)c1ccccc1. The largest absolute Gasteiger partial charge is 0.466 e. The fraction of sp³-hybridized carbons (Fsp3) is 0.273. The normalized spacial score (nSPS) is 11.4. The Labute approximate surface area is 150 Å². The summed E-state index contributed by atoms with van der Waals surface area (Å²) in [7, 11) is 0. The van der Waals surface area contributed by atoms with Crippen molar-refractivity contribution in [3.05, 3.63) is 84.4 Å². The van der Waals surface area contributed by atoms with Gasteiger partial charge in [-0.15, -0.1) is 6.58 Å². The van der Waals surface area contributed by atoms with Crippen LogP contribution in [0.4, 0.5) is 0 Å². The summed E-state index contributed by atoms with van der Waals surface area (Å²) < 4.78 is 4.99. The Bertz CT molecular complexity index is 651. The van der Waals surface area contributed by atoms with Gasteiger partial charge in [0.25, 0.3) is 0 Å². The number of rotatable bonds is 9. The maximum Gasteiger partial charge on any atom is 0.305 e. The van der Waals surface area contributed by atoms with E-state index in [-0.39, 0.29) is 11.9 Å². The Hall–Kier alpha value is -2.68. The van der Waals surface area contributed by atoms with E-state index in [1.54, 1.807) is 0 Å². The van der Waals surface area contributed by atoms with Crippen molar-refractivity contribution in [3.63, 3.8) is 0 Å². The van der Waals surface area contributed by atoms with E-state index in [0.717, 1.165) is 16.8 Å². The molecule has 0 radical (unpaired) electrons. The Balaban J connectivity index is 2.14.